The Morgan fingerprint density at radius 1 is 1.22 bits per heavy atom. The van der Waals surface area contributed by atoms with Crippen LogP contribution in [0.15, 0.2) is 62.2 Å². The molecule has 0 fully saturated rings. The van der Waals surface area contributed by atoms with Crippen molar-refractivity contribution in [3.8, 4) is 0 Å². The fraction of sp³-hybridized carbons (Fsp3) is 0.375. The molecule has 0 amide bonds. The first-order valence-corrected chi connectivity index (χ1v) is 11.6. The maximum absolute atomic E-state index is 13.9. The molecule has 2 aliphatic rings. The summed E-state index contributed by atoms with van der Waals surface area (Å²) < 4.78 is 16.2. The van der Waals surface area contributed by atoms with Crippen molar-refractivity contribution >= 4 is 29.1 Å². The van der Waals surface area contributed by atoms with Gasteiger partial charge >= 0.3 is 11.9 Å². The molecule has 32 heavy (non-hydrogen) atoms. The van der Waals surface area contributed by atoms with E-state index in [1.54, 1.807) is 32.9 Å². The van der Waals surface area contributed by atoms with Crippen LogP contribution in [0.4, 0.5) is 0 Å². The zero-order valence-corrected chi connectivity index (χ0v) is 19.0. The minimum atomic E-state index is -1.05. The van der Waals surface area contributed by atoms with Crippen LogP contribution in [0, 0.1) is 5.92 Å². The smallest absolute Gasteiger partial charge is 0.336 e. The van der Waals surface area contributed by atoms with Gasteiger partial charge in [0.15, 0.2) is 5.78 Å². The quantitative estimate of drug-likeness (QED) is 0.519. The highest BCUT2D eigenvalue weighted by Gasteiger charge is 2.49. The number of thiophene rings is 1. The summed E-state index contributed by atoms with van der Waals surface area (Å²) in [6.07, 6.45) is 1.91. The van der Waals surface area contributed by atoms with Gasteiger partial charge in [-0.3, -0.25) is 9.59 Å². The van der Waals surface area contributed by atoms with E-state index in [1.165, 1.54) is 17.6 Å². The number of Topliss-reactive ketones (excluding diaryl/α,β-unsaturated/α-hetero) is 1. The first-order valence-electron chi connectivity index (χ1n) is 10.6. The normalized spacial score (nSPS) is 23.0. The van der Waals surface area contributed by atoms with Crippen LogP contribution in [0.25, 0.3) is 0 Å². The second kappa shape index (κ2) is 9.16. The summed E-state index contributed by atoms with van der Waals surface area (Å²) in [4.78, 5) is 39.8. The average molecular weight is 456 g/mol. The second-order valence-corrected chi connectivity index (χ2v) is 8.47. The molecule has 1 aliphatic heterocycles. The molecule has 2 aromatic heterocycles. The summed E-state index contributed by atoms with van der Waals surface area (Å²) in [5, 5.41) is 7.08. The number of allylic oxidation sites excluding steroid dienone is 3. The monoisotopic (exact) mass is 455 g/mol. The fourth-order valence-corrected chi connectivity index (χ4v) is 5.24. The van der Waals surface area contributed by atoms with E-state index in [0.717, 1.165) is 5.56 Å². The minimum Gasteiger partial charge on any atom is -0.469 e. The van der Waals surface area contributed by atoms with Gasteiger partial charge in [0, 0.05) is 28.8 Å². The first-order chi connectivity index (χ1) is 15.5. The summed E-state index contributed by atoms with van der Waals surface area (Å²) in [5.41, 5.74) is 2.95. The molecule has 3 atom stereocenters. The molecular weight excluding hydrogens is 430 g/mol. The van der Waals surface area contributed by atoms with Crippen molar-refractivity contribution in [3.05, 3.63) is 69.1 Å². The number of esters is 2. The van der Waals surface area contributed by atoms with E-state index in [4.69, 9.17) is 13.9 Å². The molecular formula is C24H25NO6S. The van der Waals surface area contributed by atoms with Gasteiger partial charge in [-0.25, -0.2) is 4.79 Å². The Labute approximate surface area is 190 Å². The van der Waals surface area contributed by atoms with Gasteiger partial charge < -0.3 is 19.2 Å². The van der Waals surface area contributed by atoms with E-state index in [-0.39, 0.29) is 19.0 Å². The third-order valence-corrected chi connectivity index (χ3v) is 6.54. The number of ketones is 1. The molecule has 4 rings (SSSR count). The highest BCUT2D eigenvalue weighted by atomic mass is 32.1. The first kappa shape index (κ1) is 22.1. The molecule has 1 aliphatic carbocycles. The Morgan fingerprint density at radius 3 is 2.62 bits per heavy atom. The Morgan fingerprint density at radius 2 is 2.00 bits per heavy atom. The molecule has 2 aromatic rings. The van der Waals surface area contributed by atoms with Crippen LogP contribution in [0.2, 0.25) is 0 Å². The molecule has 0 saturated carbocycles. The standard InChI is InChI=1S/C24H25NO6S/c1-4-29-23(27)18-13(3)25-16-11-15(17-7-6-9-31-17)20(24(28)30-5-2)22(26)21(16)19(18)14-8-10-32-12-14/h6-10,12,15,19-20,25H,4-5,11H2,1-3H3/t15-,19-,20-/m1/s1. The second-order valence-electron chi connectivity index (χ2n) is 7.69. The number of carbonyl (C=O) groups excluding carboxylic acids is 3. The molecule has 0 saturated heterocycles. The van der Waals surface area contributed by atoms with Crippen LogP contribution in [0.1, 0.15) is 50.4 Å². The van der Waals surface area contributed by atoms with Gasteiger partial charge in [0.2, 0.25) is 0 Å². The molecule has 8 heteroatoms. The van der Waals surface area contributed by atoms with E-state index >= 15 is 0 Å². The zero-order chi connectivity index (χ0) is 22.8. The van der Waals surface area contributed by atoms with E-state index in [2.05, 4.69) is 5.32 Å². The molecule has 168 valence electrons. The number of furan rings is 1. The third-order valence-electron chi connectivity index (χ3n) is 5.84. The van der Waals surface area contributed by atoms with Gasteiger partial charge in [-0.1, -0.05) is 0 Å². The van der Waals surface area contributed by atoms with Crippen molar-refractivity contribution in [2.75, 3.05) is 13.2 Å². The van der Waals surface area contributed by atoms with Crippen LogP contribution in [-0.4, -0.2) is 30.9 Å². The SMILES string of the molecule is CCOC(=O)C1=C(C)NC2=C(C(=O)[C@H](C(=O)OCC)[C@@H](c3ccco3)C2)[C@@H]1c1ccsc1. The van der Waals surface area contributed by atoms with Crippen molar-refractivity contribution in [1.82, 2.24) is 5.32 Å². The van der Waals surface area contributed by atoms with Gasteiger partial charge in [0.1, 0.15) is 11.7 Å². The molecule has 0 radical (unpaired) electrons. The molecule has 1 N–H and O–H groups in total. The lowest BCUT2D eigenvalue weighted by Gasteiger charge is -2.38. The van der Waals surface area contributed by atoms with Crippen molar-refractivity contribution < 1.29 is 28.3 Å². The van der Waals surface area contributed by atoms with Gasteiger partial charge in [0.25, 0.3) is 0 Å². The predicted molar refractivity (Wildman–Crippen MR) is 118 cm³/mol. The molecule has 3 heterocycles. The van der Waals surface area contributed by atoms with E-state index in [1.807, 2.05) is 16.8 Å². The number of carbonyl (C=O) groups is 3. The summed E-state index contributed by atoms with van der Waals surface area (Å²) >= 11 is 1.48. The maximum atomic E-state index is 13.9. The summed E-state index contributed by atoms with van der Waals surface area (Å²) in [5.74, 6) is -3.03. The zero-order valence-electron chi connectivity index (χ0n) is 18.2. The third kappa shape index (κ3) is 3.79. The number of ether oxygens (including phenoxy) is 2. The number of dihydropyridines is 1. The van der Waals surface area contributed by atoms with Gasteiger partial charge in [-0.05, 0) is 61.7 Å². The molecule has 0 aromatic carbocycles. The molecule has 0 unspecified atom stereocenters. The van der Waals surface area contributed by atoms with Crippen molar-refractivity contribution in [2.45, 2.75) is 39.0 Å². The van der Waals surface area contributed by atoms with E-state index in [0.29, 0.717) is 34.7 Å². The topological polar surface area (TPSA) is 94.8 Å². The number of nitrogens with one attached hydrogen (secondary N) is 1. The minimum absolute atomic E-state index is 0.165. The predicted octanol–water partition coefficient (Wildman–Crippen LogP) is 4.06. The lowest BCUT2D eigenvalue weighted by molar-refractivity contribution is -0.152. The van der Waals surface area contributed by atoms with Crippen LogP contribution in [0.3, 0.4) is 0 Å². The van der Waals surface area contributed by atoms with E-state index in [9.17, 15) is 14.4 Å². The largest absolute Gasteiger partial charge is 0.469 e. The van der Waals surface area contributed by atoms with Gasteiger partial charge in [-0.2, -0.15) is 11.3 Å². The highest BCUT2D eigenvalue weighted by molar-refractivity contribution is 7.08. The van der Waals surface area contributed by atoms with Crippen LogP contribution in [0.5, 0.6) is 0 Å². The van der Waals surface area contributed by atoms with Gasteiger partial charge in [0.05, 0.1) is 25.1 Å². The summed E-state index contributed by atoms with van der Waals surface area (Å²) in [6, 6.07) is 5.39. The molecule has 0 bridgehead atoms. The molecule has 7 nitrogen and oxygen atoms in total. The Bertz CT molecular complexity index is 1080. The fourth-order valence-electron chi connectivity index (χ4n) is 4.56. The lowest BCUT2D eigenvalue weighted by atomic mass is 9.68. The average Bonchev–Trinajstić information content (AvgIpc) is 3.47. The van der Waals surface area contributed by atoms with Crippen LogP contribution < -0.4 is 5.32 Å². The number of rotatable bonds is 6. The van der Waals surface area contributed by atoms with Crippen molar-refractivity contribution in [3.63, 3.8) is 0 Å². The van der Waals surface area contributed by atoms with Crippen molar-refractivity contribution in [1.29, 1.82) is 0 Å². The summed E-state index contributed by atoms with van der Waals surface area (Å²) in [6.45, 7) is 5.64. The van der Waals surface area contributed by atoms with Crippen LogP contribution >= 0.6 is 11.3 Å². The van der Waals surface area contributed by atoms with Crippen molar-refractivity contribution in [2.24, 2.45) is 5.92 Å². The Hall–Kier alpha value is -3.13. The van der Waals surface area contributed by atoms with Crippen LogP contribution in [-0.2, 0) is 23.9 Å². The van der Waals surface area contributed by atoms with Gasteiger partial charge in [-0.15, -0.1) is 0 Å². The maximum Gasteiger partial charge on any atom is 0.336 e. The Balaban J connectivity index is 1.85. The lowest BCUT2D eigenvalue weighted by Crippen LogP contribution is -2.43. The molecule has 0 spiro atoms. The van der Waals surface area contributed by atoms with E-state index < -0.39 is 29.7 Å². The number of hydrogen-bond acceptors (Lipinski definition) is 8. The number of hydrogen-bond donors (Lipinski definition) is 1. The Kier molecular flexibility index (Phi) is 6.32. The summed E-state index contributed by atoms with van der Waals surface area (Å²) in [7, 11) is 0. The highest BCUT2D eigenvalue weighted by Crippen LogP contribution is 2.48.